The third kappa shape index (κ3) is 3.10. The second-order valence-electron chi connectivity index (χ2n) is 7.39. The van der Waals surface area contributed by atoms with Gasteiger partial charge in [-0.3, -0.25) is 0 Å². The van der Waals surface area contributed by atoms with Crippen LogP contribution in [0.1, 0.15) is 22.3 Å². The Balaban J connectivity index is 1.95. The van der Waals surface area contributed by atoms with Crippen molar-refractivity contribution >= 4 is 31.9 Å². The highest BCUT2D eigenvalue weighted by atomic mass is 79.9. The molecule has 0 aromatic heterocycles. The molecule has 142 valence electrons. The lowest BCUT2D eigenvalue weighted by Gasteiger charge is -2.23. The van der Waals surface area contributed by atoms with Gasteiger partial charge in [0.25, 0.3) is 0 Å². The molecule has 0 fully saturated rings. The molecule has 29 heavy (non-hydrogen) atoms. The Labute approximate surface area is 188 Å². The first-order chi connectivity index (χ1) is 14.3. The van der Waals surface area contributed by atoms with Crippen molar-refractivity contribution in [3.05, 3.63) is 107 Å². The van der Waals surface area contributed by atoms with Crippen LogP contribution in [0.4, 0.5) is 0 Å². The van der Waals surface area contributed by atoms with Gasteiger partial charge in [0.1, 0.15) is 0 Å². The smallest absolute Gasteiger partial charge is 0.0292 e. The average Bonchev–Trinajstić information content (AvgIpc) is 3.17. The number of rotatable bonds is 4. The van der Waals surface area contributed by atoms with Gasteiger partial charge in [0, 0.05) is 10.7 Å². The Kier molecular flexibility index (Phi) is 5.15. The first-order valence-corrected chi connectivity index (χ1v) is 12.1. The standard InChI is InChI=1S/C27H20Br2/c28-16-23-24(17-29)26(19-11-5-2-6-12-19)27-21-14-8-7-13-20(21)15-22(27)25(23)18-9-3-1-4-10-18/h1-14H,15-17H2. The molecular formula is C27H20Br2. The Morgan fingerprint density at radius 3 is 1.69 bits per heavy atom. The van der Waals surface area contributed by atoms with Crippen LogP contribution in [0.3, 0.4) is 0 Å². The highest BCUT2D eigenvalue weighted by Crippen LogP contribution is 2.51. The fourth-order valence-electron chi connectivity index (χ4n) is 4.67. The number of halogens is 2. The van der Waals surface area contributed by atoms with Gasteiger partial charge in [-0.05, 0) is 62.1 Å². The first kappa shape index (κ1) is 18.8. The van der Waals surface area contributed by atoms with Gasteiger partial charge in [0.15, 0.2) is 0 Å². The number of hydrogen-bond donors (Lipinski definition) is 0. The van der Waals surface area contributed by atoms with Gasteiger partial charge < -0.3 is 0 Å². The van der Waals surface area contributed by atoms with Gasteiger partial charge in [-0.1, -0.05) is 117 Å². The molecule has 1 aliphatic rings. The second kappa shape index (κ2) is 7.93. The molecule has 0 unspecified atom stereocenters. The zero-order chi connectivity index (χ0) is 19.8. The second-order valence-corrected chi connectivity index (χ2v) is 8.52. The van der Waals surface area contributed by atoms with Crippen LogP contribution < -0.4 is 0 Å². The van der Waals surface area contributed by atoms with E-state index in [1.54, 1.807) is 0 Å². The SMILES string of the molecule is BrCc1c(CBr)c(-c2ccccc2)c2c(c1-c1ccccc1)Cc1ccccc1-2. The van der Waals surface area contributed by atoms with Crippen molar-refractivity contribution in [1.82, 2.24) is 0 Å². The van der Waals surface area contributed by atoms with E-state index in [2.05, 4.69) is 117 Å². The van der Waals surface area contributed by atoms with Crippen molar-refractivity contribution < 1.29 is 0 Å². The minimum atomic E-state index is 0.827. The van der Waals surface area contributed by atoms with Gasteiger partial charge in [0.05, 0.1) is 0 Å². The predicted octanol–water partition coefficient (Wildman–Crippen LogP) is 8.38. The summed E-state index contributed by atoms with van der Waals surface area (Å²) in [6.07, 6.45) is 0.984. The molecule has 0 N–H and O–H groups in total. The summed E-state index contributed by atoms with van der Waals surface area (Å²) in [7, 11) is 0. The van der Waals surface area contributed by atoms with Crippen LogP contribution in [0.2, 0.25) is 0 Å². The van der Waals surface area contributed by atoms with Crippen LogP contribution in [-0.4, -0.2) is 0 Å². The van der Waals surface area contributed by atoms with Crippen molar-refractivity contribution in [2.24, 2.45) is 0 Å². The molecule has 0 radical (unpaired) electrons. The zero-order valence-corrected chi connectivity index (χ0v) is 19.1. The van der Waals surface area contributed by atoms with Crippen molar-refractivity contribution in [1.29, 1.82) is 0 Å². The van der Waals surface area contributed by atoms with Crippen LogP contribution in [0.15, 0.2) is 84.9 Å². The van der Waals surface area contributed by atoms with E-state index in [1.165, 1.54) is 55.6 Å². The number of fused-ring (bicyclic) bond motifs is 3. The fraction of sp³-hybridized carbons (Fsp3) is 0.111. The molecule has 1 aliphatic carbocycles. The van der Waals surface area contributed by atoms with Gasteiger partial charge in [-0.2, -0.15) is 0 Å². The number of hydrogen-bond acceptors (Lipinski definition) is 0. The van der Waals surface area contributed by atoms with Crippen LogP contribution >= 0.6 is 31.9 Å². The first-order valence-electron chi connectivity index (χ1n) is 9.85. The highest BCUT2D eigenvalue weighted by molar-refractivity contribution is 9.09. The van der Waals surface area contributed by atoms with E-state index in [4.69, 9.17) is 0 Å². The number of benzene rings is 4. The van der Waals surface area contributed by atoms with Crippen molar-refractivity contribution in [3.8, 4) is 33.4 Å². The summed E-state index contributed by atoms with van der Waals surface area (Å²) in [6, 6.07) is 30.6. The average molecular weight is 504 g/mol. The van der Waals surface area contributed by atoms with Gasteiger partial charge in [-0.25, -0.2) is 0 Å². The minimum absolute atomic E-state index is 0.827. The van der Waals surface area contributed by atoms with E-state index in [1.807, 2.05) is 0 Å². The lowest BCUT2D eigenvalue weighted by Crippen LogP contribution is -2.03. The highest BCUT2D eigenvalue weighted by Gasteiger charge is 2.30. The molecule has 0 nitrogen and oxygen atoms in total. The molecule has 2 heteroatoms. The molecule has 0 aliphatic heterocycles. The molecule has 0 saturated heterocycles. The van der Waals surface area contributed by atoms with Gasteiger partial charge >= 0.3 is 0 Å². The molecule has 0 spiro atoms. The van der Waals surface area contributed by atoms with E-state index in [0.29, 0.717) is 0 Å². The molecule has 0 bridgehead atoms. The van der Waals surface area contributed by atoms with Gasteiger partial charge in [0.2, 0.25) is 0 Å². The Hall–Kier alpha value is -2.16. The molecule has 0 heterocycles. The Bertz CT molecular complexity index is 1180. The molecular weight excluding hydrogens is 484 g/mol. The van der Waals surface area contributed by atoms with E-state index in [9.17, 15) is 0 Å². The topological polar surface area (TPSA) is 0 Å². The van der Waals surface area contributed by atoms with E-state index in [-0.39, 0.29) is 0 Å². The Morgan fingerprint density at radius 1 is 0.552 bits per heavy atom. The van der Waals surface area contributed by atoms with E-state index >= 15 is 0 Å². The summed E-state index contributed by atoms with van der Waals surface area (Å²) in [6.45, 7) is 0. The van der Waals surface area contributed by atoms with Crippen LogP contribution in [0.25, 0.3) is 33.4 Å². The van der Waals surface area contributed by atoms with Crippen molar-refractivity contribution in [3.63, 3.8) is 0 Å². The molecule has 0 atom stereocenters. The Morgan fingerprint density at radius 2 is 1.07 bits per heavy atom. The van der Waals surface area contributed by atoms with E-state index < -0.39 is 0 Å². The maximum Gasteiger partial charge on any atom is 0.0292 e. The molecule has 5 rings (SSSR count). The summed E-state index contributed by atoms with van der Waals surface area (Å²) < 4.78 is 0. The van der Waals surface area contributed by atoms with Crippen LogP contribution in [0.5, 0.6) is 0 Å². The van der Waals surface area contributed by atoms with E-state index in [0.717, 1.165) is 17.1 Å². The van der Waals surface area contributed by atoms with Crippen molar-refractivity contribution in [2.45, 2.75) is 17.1 Å². The van der Waals surface area contributed by atoms with Crippen LogP contribution in [-0.2, 0) is 17.1 Å². The molecule has 0 saturated carbocycles. The minimum Gasteiger partial charge on any atom is -0.0876 e. The summed E-state index contributed by atoms with van der Waals surface area (Å²) in [5.74, 6) is 0. The quantitative estimate of drug-likeness (QED) is 0.216. The largest absolute Gasteiger partial charge is 0.0876 e. The summed E-state index contributed by atoms with van der Waals surface area (Å²) >= 11 is 7.66. The van der Waals surface area contributed by atoms with Gasteiger partial charge in [-0.15, -0.1) is 0 Å². The lowest BCUT2D eigenvalue weighted by atomic mass is 9.82. The monoisotopic (exact) mass is 502 g/mol. The molecule has 4 aromatic carbocycles. The van der Waals surface area contributed by atoms with Crippen molar-refractivity contribution in [2.75, 3.05) is 0 Å². The normalized spacial score (nSPS) is 11.9. The number of alkyl halides is 2. The third-order valence-electron chi connectivity index (χ3n) is 5.87. The third-order valence-corrected chi connectivity index (χ3v) is 6.99. The maximum absolute atomic E-state index is 3.83. The predicted molar refractivity (Wildman–Crippen MR) is 131 cm³/mol. The molecule has 0 amide bonds. The van der Waals surface area contributed by atoms with Crippen LogP contribution in [0, 0.1) is 0 Å². The lowest BCUT2D eigenvalue weighted by molar-refractivity contribution is 1.22. The molecule has 4 aromatic rings. The maximum atomic E-state index is 3.83. The fourth-order valence-corrected chi connectivity index (χ4v) is 5.90. The summed E-state index contributed by atoms with van der Waals surface area (Å²) in [5, 5.41) is 1.66. The summed E-state index contributed by atoms with van der Waals surface area (Å²) in [5.41, 5.74) is 13.8. The zero-order valence-electron chi connectivity index (χ0n) is 16.0. The summed E-state index contributed by atoms with van der Waals surface area (Å²) in [4.78, 5) is 0.